The number of thiophene rings is 1. The van der Waals surface area contributed by atoms with Gasteiger partial charge in [-0.3, -0.25) is 4.79 Å². The van der Waals surface area contributed by atoms with Crippen LogP contribution in [0.2, 0.25) is 0 Å². The zero-order valence-electron chi connectivity index (χ0n) is 10.2. The van der Waals surface area contributed by atoms with Gasteiger partial charge in [0.25, 0.3) is 0 Å². The van der Waals surface area contributed by atoms with Crippen LogP contribution in [0.15, 0.2) is 41.1 Å². The predicted octanol–water partition coefficient (Wildman–Crippen LogP) is 2.41. The van der Waals surface area contributed by atoms with Crippen molar-refractivity contribution in [2.75, 3.05) is 6.54 Å². The van der Waals surface area contributed by atoms with Gasteiger partial charge in [0.05, 0.1) is 0 Å². The average molecular weight is 279 g/mol. The van der Waals surface area contributed by atoms with E-state index in [-0.39, 0.29) is 6.54 Å². The molecule has 3 nitrogen and oxygen atoms in total. The Bertz CT molecular complexity index is 553. The normalized spacial score (nSPS) is 14.0. The van der Waals surface area contributed by atoms with Gasteiger partial charge in [-0.15, -0.1) is 0 Å². The Hall–Kier alpha value is -1.72. The van der Waals surface area contributed by atoms with Gasteiger partial charge in [-0.05, 0) is 46.5 Å². The zero-order valence-corrected chi connectivity index (χ0v) is 11.0. The molecule has 0 spiro atoms. The van der Waals surface area contributed by atoms with E-state index in [4.69, 9.17) is 5.73 Å². The van der Waals surface area contributed by atoms with Gasteiger partial charge < -0.3 is 10.8 Å². The number of carboxylic acid groups (broad SMARTS) is 1. The van der Waals surface area contributed by atoms with Crippen LogP contribution in [0.1, 0.15) is 11.1 Å². The lowest BCUT2D eigenvalue weighted by atomic mass is 9.76. The summed E-state index contributed by atoms with van der Waals surface area (Å²) < 4.78 is 13.0. The van der Waals surface area contributed by atoms with E-state index in [2.05, 4.69) is 0 Å². The third-order valence-electron chi connectivity index (χ3n) is 3.24. The highest BCUT2D eigenvalue weighted by Gasteiger charge is 2.39. The molecule has 0 radical (unpaired) electrons. The molecule has 0 amide bonds. The number of hydrogen-bond donors (Lipinski definition) is 2. The molecule has 0 fully saturated rings. The van der Waals surface area contributed by atoms with Crippen LogP contribution in [0.4, 0.5) is 4.39 Å². The minimum absolute atomic E-state index is 0.0379. The van der Waals surface area contributed by atoms with Gasteiger partial charge in [-0.1, -0.05) is 12.1 Å². The molecule has 1 unspecified atom stereocenters. The summed E-state index contributed by atoms with van der Waals surface area (Å²) in [5.41, 5.74) is 5.95. The number of carbonyl (C=O) groups is 1. The van der Waals surface area contributed by atoms with Crippen LogP contribution < -0.4 is 5.73 Å². The second kappa shape index (κ2) is 5.50. The molecular weight excluding hydrogens is 265 g/mol. The van der Waals surface area contributed by atoms with Crippen molar-refractivity contribution >= 4 is 17.3 Å². The standard InChI is InChI=1S/C14H14FNO2S/c15-12-3-1-11(2-4-12)14(9-16,13(17)18)7-10-5-6-19-8-10/h1-6,8H,7,9,16H2,(H,17,18). The number of benzene rings is 1. The molecule has 0 aliphatic heterocycles. The summed E-state index contributed by atoms with van der Waals surface area (Å²) in [7, 11) is 0. The molecule has 19 heavy (non-hydrogen) atoms. The van der Waals surface area contributed by atoms with Crippen LogP contribution in [0.25, 0.3) is 0 Å². The van der Waals surface area contributed by atoms with E-state index in [0.717, 1.165) is 5.56 Å². The molecule has 0 aliphatic rings. The lowest BCUT2D eigenvalue weighted by Crippen LogP contribution is -2.44. The van der Waals surface area contributed by atoms with Crippen LogP contribution in [0.3, 0.4) is 0 Å². The molecule has 2 rings (SSSR count). The summed E-state index contributed by atoms with van der Waals surface area (Å²) in [6.45, 7) is -0.0379. The second-order valence-corrected chi connectivity index (χ2v) is 5.19. The largest absolute Gasteiger partial charge is 0.481 e. The average Bonchev–Trinajstić information content (AvgIpc) is 2.89. The fourth-order valence-corrected chi connectivity index (χ4v) is 2.76. The molecule has 2 aromatic rings. The first-order valence-corrected chi connectivity index (χ1v) is 6.73. The van der Waals surface area contributed by atoms with Crippen LogP contribution in [0, 0.1) is 5.82 Å². The van der Waals surface area contributed by atoms with Gasteiger partial charge >= 0.3 is 5.97 Å². The van der Waals surface area contributed by atoms with Crippen molar-refractivity contribution in [2.45, 2.75) is 11.8 Å². The molecule has 0 aliphatic carbocycles. The molecule has 1 aromatic carbocycles. The van der Waals surface area contributed by atoms with Gasteiger partial charge in [0.1, 0.15) is 11.2 Å². The highest BCUT2D eigenvalue weighted by atomic mass is 32.1. The Labute approximate surface area is 114 Å². The van der Waals surface area contributed by atoms with E-state index < -0.39 is 17.2 Å². The Kier molecular flexibility index (Phi) is 3.97. The second-order valence-electron chi connectivity index (χ2n) is 4.41. The molecule has 0 bridgehead atoms. The number of carboxylic acids is 1. The minimum atomic E-state index is -1.21. The predicted molar refractivity (Wildman–Crippen MR) is 72.8 cm³/mol. The van der Waals surface area contributed by atoms with Crippen molar-refractivity contribution in [3.63, 3.8) is 0 Å². The van der Waals surface area contributed by atoms with Gasteiger partial charge in [0.15, 0.2) is 0 Å². The highest BCUT2D eigenvalue weighted by molar-refractivity contribution is 7.07. The van der Waals surface area contributed by atoms with Crippen molar-refractivity contribution in [3.8, 4) is 0 Å². The van der Waals surface area contributed by atoms with Crippen molar-refractivity contribution in [1.82, 2.24) is 0 Å². The number of aliphatic carboxylic acids is 1. The maximum absolute atomic E-state index is 13.0. The first kappa shape index (κ1) is 13.7. The van der Waals surface area contributed by atoms with Crippen molar-refractivity contribution in [1.29, 1.82) is 0 Å². The van der Waals surface area contributed by atoms with Crippen molar-refractivity contribution in [3.05, 3.63) is 58.0 Å². The van der Waals surface area contributed by atoms with Crippen molar-refractivity contribution in [2.24, 2.45) is 5.73 Å². The first-order valence-electron chi connectivity index (χ1n) is 5.79. The van der Waals surface area contributed by atoms with Crippen molar-refractivity contribution < 1.29 is 14.3 Å². The van der Waals surface area contributed by atoms with Gasteiger partial charge in [0.2, 0.25) is 0 Å². The SMILES string of the molecule is NCC(Cc1ccsc1)(C(=O)O)c1ccc(F)cc1. The number of rotatable bonds is 5. The first-order chi connectivity index (χ1) is 9.08. The lowest BCUT2D eigenvalue weighted by Gasteiger charge is -2.28. The molecular formula is C14H14FNO2S. The van der Waals surface area contributed by atoms with E-state index in [0.29, 0.717) is 12.0 Å². The monoisotopic (exact) mass is 279 g/mol. The van der Waals surface area contributed by atoms with E-state index in [9.17, 15) is 14.3 Å². The number of nitrogens with two attached hydrogens (primary N) is 1. The van der Waals surface area contributed by atoms with E-state index in [1.807, 2.05) is 16.8 Å². The Morgan fingerprint density at radius 2 is 2.00 bits per heavy atom. The maximum Gasteiger partial charge on any atom is 0.315 e. The summed E-state index contributed by atoms with van der Waals surface area (Å²) in [5.74, 6) is -1.39. The highest BCUT2D eigenvalue weighted by Crippen LogP contribution is 2.29. The zero-order chi connectivity index (χ0) is 13.9. The lowest BCUT2D eigenvalue weighted by molar-refractivity contribution is -0.143. The third kappa shape index (κ3) is 2.67. The third-order valence-corrected chi connectivity index (χ3v) is 3.97. The molecule has 0 saturated carbocycles. The Morgan fingerprint density at radius 1 is 1.32 bits per heavy atom. The maximum atomic E-state index is 13.0. The topological polar surface area (TPSA) is 63.3 Å². The summed E-state index contributed by atoms with van der Waals surface area (Å²) in [6.07, 6.45) is 0.300. The molecule has 5 heteroatoms. The molecule has 3 N–H and O–H groups in total. The van der Waals surface area contributed by atoms with E-state index in [1.54, 1.807) is 0 Å². The van der Waals surface area contributed by atoms with Gasteiger partial charge in [-0.25, -0.2) is 4.39 Å². The summed E-state index contributed by atoms with van der Waals surface area (Å²) in [4.78, 5) is 11.7. The van der Waals surface area contributed by atoms with Crippen LogP contribution >= 0.6 is 11.3 Å². The van der Waals surface area contributed by atoms with E-state index >= 15 is 0 Å². The Balaban J connectivity index is 2.44. The fourth-order valence-electron chi connectivity index (χ4n) is 2.09. The number of hydrogen-bond acceptors (Lipinski definition) is 3. The smallest absolute Gasteiger partial charge is 0.315 e. The van der Waals surface area contributed by atoms with Gasteiger partial charge in [-0.2, -0.15) is 11.3 Å². The molecule has 1 aromatic heterocycles. The minimum Gasteiger partial charge on any atom is -0.481 e. The van der Waals surface area contributed by atoms with E-state index in [1.165, 1.54) is 35.6 Å². The fraction of sp³-hybridized carbons (Fsp3) is 0.214. The summed E-state index contributed by atoms with van der Waals surface area (Å²) >= 11 is 1.51. The quantitative estimate of drug-likeness (QED) is 0.883. The van der Waals surface area contributed by atoms with Crippen LogP contribution in [-0.4, -0.2) is 17.6 Å². The molecule has 1 atom stereocenters. The Morgan fingerprint density at radius 3 is 2.47 bits per heavy atom. The molecule has 100 valence electrons. The number of halogens is 1. The van der Waals surface area contributed by atoms with Gasteiger partial charge in [0, 0.05) is 6.54 Å². The molecule has 1 heterocycles. The summed E-state index contributed by atoms with van der Waals surface area (Å²) in [6, 6.07) is 7.37. The summed E-state index contributed by atoms with van der Waals surface area (Å²) in [5, 5.41) is 13.4. The molecule has 0 saturated heterocycles. The van der Waals surface area contributed by atoms with Crippen LogP contribution in [-0.2, 0) is 16.6 Å². The van der Waals surface area contributed by atoms with Crippen LogP contribution in [0.5, 0.6) is 0 Å².